The molecular weight excluding hydrogens is 184 g/mol. The zero-order valence-corrected chi connectivity index (χ0v) is 9.54. The highest BCUT2D eigenvalue weighted by Gasteiger charge is 2.14. The van der Waals surface area contributed by atoms with Crippen molar-refractivity contribution < 1.29 is 4.74 Å². The fourth-order valence-corrected chi connectivity index (χ4v) is 2.27. The second-order valence-electron chi connectivity index (χ2n) is 4.52. The van der Waals surface area contributed by atoms with Crippen molar-refractivity contribution in [1.82, 2.24) is 0 Å². The summed E-state index contributed by atoms with van der Waals surface area (Å²) in [6, 6.07) is 8.70. The first-order chi connectivity index (χ1) is 7.34. The van der Waals surface area contributed by atoms with E-state index in [-0.39, 0.29) is 0 Å². The number of ether oxygens (including phenoxy) is 1. The van der Waals surface area contributed by atoms with Crippen molar-refractivity contribution in [2.45, 2.75) is 45.1 Å². The van der Waals surface area contributed by atoms with Gasteiger partial charge in [-0.25, -0.2) is 0 Å². The summed E-state index contributed by atoms with van der Waals surface area (Å²) in [4.78, 5) is 0. The topological polar surface area (TPSA) is 9.23 Å². The van der Waals surface area contributed by atoms with Gasteiger partial charge in [0, 0.05) is 0 Å². The van der Waals surface area contributed by atoms with E-state index in [0.29, 0.717) is 6.10 Å². The van der Waals surface area contributed by atoms with Gasteiger partial charge >= 0.3 is 0 Å². The van der Waals surface area contributed by atoms with Crippen LogP contribution in [0.4, 0.5) is 0 Å². The number of benzene rings is 1. The van der Waals surface area contributed by atoms with Crippen LogP contribution < -0.4 is 0 Å². The predicted molar refractivity (Wildman–Crippen MR) is 63.1 cm³/mol. The van der Waals surface area contributed by atoms with Gasteiger partial charge in [-0.05, 0) is 31.7 Å². The highest BCUT2D eigenvalue weighted by Crippen LogP contribution is 2.21. The molecule has 0 amide bonds. The summed E-state index contributed by atoms with van der Waals surface area (Å²) in [5, 5.41) is 0. The predicted octanol–water partition coefficient (Wildman–Crippen LogP) is 3.50. The minimum absolute atomic E-state index is 0.551. The average Bonchev–Trinajstić information content (AvgIpc) is 2.71. The van der Waals surface area contributed by atoms with Crippen LogP contribution in [0.15, 0.2) is 24.3 Å². The lowest BCUT2D eigenvalue weighted by molar-refractivity contribution is 0.0606. The summed E-state index contributed by atoms with van der Waals surface area (Å²) in [5.74, 6) is 0. The maximum atomic E-state index is 5.85. The van der Waals surface area contributed by atoms with E-state index in [1.54, 1.807) is 0 Å². The number of aryl methyl sites for hydroxylation is 1. The third-order valence-electron chi connectivity index (χ3n) is 3.13. The van der Waals surface area contributed by atoms with Crippen molar-refractivity contribution in [2.75, 3.05) is 6.61 Å². The average molecular weight is 204 g/mol. The maximum absolute atomic E-state index is 5.85. The Morgan fingerprint density at radius 3 is 2.80 bits per heavy atom. The molecule has 0 spiro atoms. The molecule has 1 aromatic carbocycles. The lowest BCUT2D eigenvalue weighted by Gasteiger charge is -2.10. The molecule has 1 aliphatic rings. The highest BCUT2D eigenvalue weighted by atomic mass is 16.5. The molecule has 1 heteroatoms. The Balaban J connectivity index is 1.73. The SMILES string of the molecule is Cc1cccc(CCOC2CCCC2)c1. The molecule has 0 bridgehead atoms. The standard InChI is InChI=1S/C14H20O/c1-12-5-4-6-13(11-12)9-10-15-14-7-2-3-8-14/h4-6,11,14H,2-3,7-10H2,1H3. The molecule has 82 valence electrons. The molecule has 0 unspecified atom stereocenters. The molecule has 0 aromatic heterocycles. The van der Waals surface area contributed by atoms with E-state index in [1.807, 2.05) is 0 Å². The van der Waals surface area contributed by atoms with Gasteiger partial charge < -0.3 is 4.74 Å². The summed E-state index contributed by atoms with van der Waals surface area (Å²) < 4.78 is 5.85. The number of hydrogen-bond acceptors (Lipinski definition) is 1. The molecule has 0 heterocycles. The Hall–Kier alpha value is -0.820. The zero-order chi connectivity index (χ0) is 10.5. The van der Waals surface area contributed by atoms with Crippen molar-refractivity contribution in [3.05, 3.63) is 35.4 Å². The summed E-state index contributed by atoms with van der Waals surface area (Å²) in [6.45, 7) is 3.02. The van der Waals surface area contributed by atoms with Crippen LogP contribution in [0.3, 0.4) is 0 Å². The lowest BCUT2D eigenvalue weighted by Crippen LogP contribution is -2.10. The first-order valence-electron chi connectivity index (χ1n) is 6.02. The first-order valence-corrected chi connectivity index (χ1v) is 6.02. The van der Waals surface area contributed by atoms with E-state index in [9.17, 15) is 0 Å². The second-order valence-corrected chi connectivity index (χ2v) is 4.52. The molecule has 15 heavy (non-hydrogen) atoms. The fourth-order valence-electron chi connectivity index (χ4n) is 2.27. The second kappa shape index (κ2) is 5.32. The summed E-state index contributed by atoms with van der Waals surface area (Å²) in [6.07, 6.45) is 6.86. The van der Waals surface area contributed by atoms with E-state index >= 15 is 0 Å². The molecule has 1 aliphatic carbocycles. The van der Waals surface area contributed by atoms with E-state index in [2.05, 4.69) is 31.2 Å². The molecule has 1 fully saturated rings. The summed E-state index contributed by atoms with van der Waals surface area (Å²) in [5.41, 5.74) is 2.74. The Kier molecular flexibility index (Phi) is 3.79. The minimum atomic E-state index is 0.551. The van der Waals surface area contributed by atoms with E-state index in [1.165, 1.54) is 36.8 Å². The van der Waals surface area contributed by atoms with Crippen molar-refractivity contribution in [2.24, 2.45) is 0 Å². The molecule has 0 N–H and O–H groups in total. The van der Waals surface area contributed by atoms with Gasteiger partial charge in [-0.1, -0.05) is 42.7 Å². The molecule has 0 radical (unpaired) electrons. The molecule has 1 aromatic rings. The van der Waals surface area contributed by atoms with Crippen molar-refractivity contribution >= 4 is 0 Å². The van der Waals surface area contributed by atoms with Gasteiger partial charge in [0.15, 0.2) is 0 Å². The fraction of sp³-hybridized carbons (Fsp3) is 0.571. The number of hydrogen-bond donors (Lipinski definition) is 0. The third-order valence-corrected chi connectivity index (χ3v) is 3.13. The molecule has 1 nitrogen and oxygen atoms in total. The summed E-state index contributed by atoms with van der Waals surface area (Å²) in [7, 11) is 0. The molecule has 2 rings (SSSR count). The van der Waals surface area contributed by atoms with Crippen LogP contribution >= 0.6 is 0 Å². The van der Waals surface area contributed by atoms with Gasteiger partial charge in [0.2, 0.25) is 0 Å². The quantitative estimate of drug-likeness (QED) is 0.729. The van der Waals surface area contributed by atoms with Gasteiger partial charge in [0.1, 0.15) is 0 Å². The van der Waals surface area contributed by atoms with Crippen LogP contribution in [0.1, 0.15) is 36.8 Å². The van der Waals surface area contributed by atoms with Crippen LogP contribution in [0.2, 0.25) is 0 Å². The van der Waals surface area contributed by atoms with Gasteiger partial charge in [-0.2, -0.15) is 0 Å². The Bertz CT molecular complexity index is 300. The van der Waals surface area contributed by atoms with Gasteiger partial charge in [-0.3, -0.25) is 0 Å². The van der Waals surface area contributed by atoms with Crippen molar-refractivity contribution in [3.8, 4) is 0 Å². The highest BCUT2D eigenvalue weighted by molar-refractivity contribution is 5.22. The lowest BCUT2D eigenvalue weighted by atomic mass is 10.1. The Morgan fingerprint density at radius 1 is 1.27 bits per heavy atom. The zero-order valence-electron chi connectivity index (χ0n) is 9.54. The third kappa shape index (κ3) is 3.35. The van der Waals surface area contributed by atoms with Crippen molar-refractivity contribution in [1.29, 1.82) is 0 Å². The van der Waals surface area contributed by atoms with E-state index in [4.69, 9.17) is 4.74 Å². The van der Waals surface area contributed by atoms with Crippen LogP contribution in [-0.4, -0.2) is 12.7 Å². The minimum Gasteiger partial charge on any atom is -0.378 e. The van der Waals surface area contributed by atoms with Gasteiger partial charge in [-0.15, -0.1) is 0 Å². The van der Waals surface area contributed by atoms with E-state index in [0.717, 1.165) is 13.0 Å². The monoisotopic (exact) mass is 204 g/mol. The summed E-state index contributed by atoms with van der Waals surface area (Å²) >= 11 is 0. The van der Waals surface area contributed by atoms with Crippen molar-refractivity contribution in [3.63, 3.8) is 0 Å². The van der Waals surface area contributed by atoms with Crippen LogP contribution in [0.5, 0.6) is 0 Å². The Morgan fingerprint density at radius 2 is 2.07 bits per heavy atom. The first kappa shape index (κ1) is 10.7. The van der Waals surface area contributed by atoms with Crippen LogP contribution in [-0.2, 0) is 11.2 Å². The normalized spacial score (nSPS) is 17.1. The molecular formula is C14H20O. The smallest absolute Gasteiger partial charge is 0.0575 e. The van der Waals surface area contributed by atoms with Crippen LogP contribution in [0, 0.1) is 6.92 Å². The largest absolute Gasteiger partial charge is 0.378 e. The van der Waals surface area contributed by atoms with E-state index < -0.39 is 0 Å². The molecule has 0 aliphatic heterocycles. The Labute approximate surface area is 92.5 Å². The number of rotatable bonds is 4. The molecule has 0 atom stereocenters. The van der Waals surface area contributed by atoms with Crippen LogP contribution in [0.25, 0.3) is 0 Å². The van der Waals surface area contributed by atoms with Gasteiger partial charge in [0.05, 0.1) is 12.7 Å². The van der Waals surface area contributed by atoms with Gasteiger partial charge in [0.25, 0.3) is 0 Å². The molecule has 1 saturated carbocycles. The maximum Gasteiger partial charge on any atom is 0.0575 e. The molecule has 0 saturated heterocycles.